The van der Waals surface area contributed by atoms with Crippen LogP contribution in [0.3, 0.4) is 0 Å². The van der Waals surface area contributed by atoms with Gasteiger partial charge in [-0.05, 0) is 11.6 Å². The van der Waals surface area contributed by atoms with Gasteiger partial charge >= 0.3 is 5.97 Å². The molecule has 1 rings (SSSR count). The third-order valence-electron chi connectivity index (χ3n) is 2.02. The number of carboxylic acids is 1. The summed E-state index contributed by atoms with van der Waals surface area (Å²) in [5.41, 5.74) is 5.56. The molecule has 0 bridgehead atoms. The standard InChI is InChI=1S/C10H12FNO3/c1-15-7-3-2-6(8(11)5-7)4-9(12)10(13)14/h2-3,5,9H,4,12H2,1H3,(H,13,14)/t9-/m0/s1. The number of hydrogen-bond acceptors (Lipinski definition) is 3. The van der Waals surface area contributed by atoms with Crippen LogP contribution in [0.15, 0.2) is 18.2 Å². The van der Waals surface area contributed by atoms with Crippen LogP contribution < -0.4 is 10.5 Å². The van der Waals surface area contributed by atoms with Crippen LogP contribution in [0.2, 0.25) is 0 Å². The molecule has 0 aliphatic carbocycles. The second-order valence-corrected chi connectivity index (χ2v) is 3.11. The lowest BCUT2D eigenvalue weighted by molar-refractivity contribution is -0.138. The van der Waals surface area contributed by atoms with Crippen molar-refractivity contribution in [2.75, 3.05) is 7.11 Å². The van der Waals surface area contributed by atoms with Gasteiger partial charge in [-0.2, -0.15) is 0 Å². The molecule has 0 spiro atoms. The molecule has 1 atom stereocenters. The van der Waals surface area contributed by atoms with Crippen molar-refractivity contribution in [3.8, 4) is 5.75 Å². The predicted octanol–water partition coefficient (Wildman–Crippen LogP) is 0.789. The Hall–Kier alpha value is -1.62. The number of carbonyl (C=O) groups is 1. The first-order chi connectivity index (χ1) is 7.04. The molecule has 0 aromatic heterocycles. The highest BCUT2D eigenvalue weighted by atomic mass is 19.1. The van der Waals surface area contributed by atoms with Gasteiger partial charge in [-0.15, -0.1) is 0 Å². The van der Waals surface area contributed by atoms with Crippen LogP contribution in [0.25, 0.3) is 0 Å². The van der Waals surface area contributed by atoms with Crippen molar-refractivity contribution in [3.63, 3.8) is 0 Å². The largest absolute Gasteiger partial charge is 0.497 e. The van der Waals surface area contributed by atoms with E-state index in [2.05, 4.69) is 0 Å². The van der Waals surface area contributed by atoms with Gasteiger partial charge in [0.05, 0.1) is 7.11 Å². The van der Waals surface area contributed by atoms with Crippen LogP contribution in [0, 0.1) is 5.82 Å². The smallest absolute Gasteiger partial charge is 0.320 e. The molecule has 0 unspecified atom stereocenters. The molecule has 0 saturated carbocycles. The SMILES string of the molecule is COc1ccc(C[C@H](N)C(=O)O)c(F)c1. The fourth-order valence-electron chi connectivity index (χ4n) is 1.14. The fourth-order valence-corrected chi connectivity index (χ4v) is 1.14. The monoisotopic (exact) mass is 213 g/mol. The normalized spacial score (nSPS) is 12.2. The number of rotatable bonds is 4. The minimum atomic E-state index is -1.15. The molecule has 0 saturated heterocycles. The molecule has 3 N–H and O–H groups in total. The summed E-state index contributed by atoms with van der Waals surface area (Å²) in [6.07, 6.45) is -0.0365. The zero-order valence-electron chi connectivity index (χ0n) is 8.24. The Balaban J connectivity index is 2.82. The van der Waals surface area contributed by atoms with Gasteiger partial charge in [-0.3, -0.25) is 4.79 Å². The Bertz CT molecular complexity index is 368. The lowest BCUT2D eigenvalue weighted by Gasteiger charge is -2.08. The minimum Gasteiger partial charge on any atom is -0.497 e. The molecule has 0 fully saturated rings. The van der Waals surface area contributed by atoms with Crippen molar-refractivity contribution in [2.45, 2.75) is 12.5 Å². The lowest BCUT2D eigenvalue weighted by Crippen LogP contribution is -2.32. The summed E-state index contributed by atoms with van der Waals surface area (Å²) in [5.74, 6) is -1.27. The summed E-state index contributed by atoms with van der Waals surface area (Å²) in [4.78, 5) is 10.5. The molecule has 15 heavy (non-hydrogen) atoms. The van der Waals surface area contributed by atoms with Gasteiger partial charge in [0, 0.05) is 12.5 Å². The number of carboxylic acid groups (broad SMARTS) is 1. The number of hydrogen-bond donors (Lipinski definition) is 2. The van der Waals surface area contributed by atoms with Crippen molar-refractivity contribution in [1.82, 2.24) is 0 Å². The molecule has 0 aliphatic heterocycles. The summed E-state index contributed by atoms with van der Waals surface area (Å²) >= 11 is 0. The van der Waals surface area contributed by atoms with Crippen molar-refractivity contribution >= 4 is 5.97 Å². The number of halogens is 1. The number of benzene rings is 1. The third-order valence-corrected chi connectivity index (χ3v) is 2.02. The number of nitrogens with two attached hydrogens (primary N) is 1. The topological polar surface area (TPSA) is 72.5 Å². The first-order valence-electron chi connectivity index (χ1n) is 4.35. The molecule has 0 heterocycles. The molecule has 4 nitrogen and oxygen atoms in total. The second kappa shape index (κ2) is 4.75. The van der Waals surface area contributed by atoms with E-state index < -0.39 is 17.8 Å². The number of aliphatic carboxylic acids is 1. The Labute approximate surface area is 86.5 Å². The van der Waals surface area contributed by atoms with Crippen molar-refractivity contribution in [1.29, 1.82) is 0 Å². The van der Waals surface area contributed by atoms with Gasteiger partial charge < -0.3 is 15.6 Å². The molecule has 82 valence electrons. The van der Waals surface area contributed by atoms with Crippen LogP contribution >= 0.6 is 0 Å². The van der Waals surface area contributed by atoms with Crippen molar-refractivity contribution in [2.24, 2.45) is 5.73 Å². The fraction of sp³-hybridized carbons (Fsp3) is 0.300. The molecule has 0 amide bonds. The van der Waals surface area contributed by atoms with Crippen LogP contribution in [0.5, 0.6) is 5.75 Å². The third kappa shape index (κ3) is 2.92. The Morgan fingerprint density at radius 3 is 2.80 bits per heavy atom. The maximum Gasteiger partial charge on any atom is 0.320 e. The van der Waals surface area contributed by atoms with Gasteiger partial charge in [0.15, 0.2) is 0 Å². The predicted molar refractivity (Wildman–Crippen MR) is 52.3 cm³/mol. The summed E-state index contributed by atoms with van der Waals surface area (Å²) in [5, 5.41) is 8.56. The maximum absolute atomic E-state index is 13.3. The average Bonchev–Trinajstić information content (AvgIpc) is 2.20. The van der Waals surface area contributed by atoms with E-state index in [-0.39, 0.29) is 12.0 Å². The van der Waals surface area contributed by atoms with E-state index in [1.54, 1.807) is 6.07 Å². The van der Waals surface area contributed by atoms with E-state index in [9.17, 15) is 9.18 Å². The van der Waals surface area contributed by atoms with Gasteiger partial charge in [0.25, 0.3) is 0 Å². The van der Waals surface area contributed by atoms with E-state index >= 15 is 0 Å². The molecule has 1 aromatic rings. The van der Waals surface area contributed by atoms with E-state index in [1.807, 2.05) is 0 Å². The van der Waals surface area contributed by atoms with Crippen molar-refractivity contribution < 1.29 is 19.0 Å². The summed E-state index contributed by atoms with van der Waals surface area (Å²) in [7, 11) is 1.43. The van der Waals surface area contributed by atoms with Gasteiger partial charge in [0.1, 0.15) is 17.6 Å². The highest BCUT2D eigenvalue weighted by Gasteiger charge is 2.14. The average molecular weight is 213 g/mol. The van der Waals surface area contributed by atoms with Crippen LogP contribution in [0.4, 0.5) is 4.39 Å². The van der Waals surface area contributed by atoms with E-state index in [4.69, 9.17) is 15.6 Å². The van der Waals surface area contributed by atoms with E-state index in [0.717, 1.165) is 0 Å². The van der Waals surface area contributed by atoms with E-state index in [0.29, 0.717) is 5.75 Å². The lowest BCUT2D eigenvalue weighted by atomic mass is 10.1. The Kier molecular flexibility index (Phi) is 3.62. The summed E-state index contributed by atoms with van der Waals surface area (Å²) < 4.78 is 18.1. The van der Waals surface area contributed by atoms with Crippen LogP contribution in [0.1, 0.15) is 5.56 Å². The highest BCUT2D eigenvalue weighted by Crippen LogP contribution is 2.17. The molecular weight excluding hydrogens is 201 g/mol. The first-order valence-corrected chi connectivity index (χ1v) is 4.35. The minimum absolute atomic E-state index is 0.0365. The molecule has 5 heteroatoms. The van der Waals surface area contributed by atoms with Crippen molar-refractivity contribution in [3.05, 3.63) is 29.6 Å². The Morgan fingerprint density at radius 2 is 2.33 bits per heavy atom. The molecule has 0 radical (unpaired) electrons. The molecule has 1 aromatic carbocycles. The molecule has 0 aliphatic rings. The number of methoxy groups -OCH3 is 1. The van der Waals surface area contributed by atoms with Crippen LogP contribution in [-0.4, -0.2) is 24.2 Å². The quantitative estimate of drug-likeness (QED) is 0.775. The zero-order valence-corrected chi connectivity index (χ0v) is 8.24. The van der Waals surface area contributed by atoms with Gasteiger partial charge in [0.2, 0.25) is 0 Å². The Morgan fingerprint density at radius 1 is 1.67 bits per heavy atom. The maximum atomic E-state index is 13.3. The van der Waals surface area contributed by atoms with E-state index in [1.165, 1.54) is 19.2 Å². The molecular formula is C10H12FNO3. The van der Waals surface area contributed by atoms with Gasteiger partial charge in [-0.25, -0.2) is 4.39 Å². The number of ether oxygens (including phenoxy) is 1. The highest BCUT2D eigenvalue weighted by molar-refractivity contribution is 5.73. The summed E-state index contributed by atoms with van der Waals surface area (Å²) in [6.45, 7) is 0. The van der Waals surface area contributed by atoms with Gasteiger partial charge in [-0.1, -0.05) is 6.07 Å². The second-order valence-electron chi connectivity index (χ2n) is 3.11. The van der Waals surface area contributed by atoms with Crippen LogP contribution in [-0.2, 0) is 11.2 Å². The summed E-state index contributed by atoms with van der Waals surface area (Å²) in [6, 6.07) is 3.14. The zero-order chi connectivity index (χ0) is 11.4. The first kappa shape index (κ1) is 11.5.